The Morgan fingerprint density at radius 2 is 1.54 bits per heavy atom. The number of hydrogen-bond donors (Lipinski definition) is 1. The lowest BCUT2D eigenvalue weighted by atomic mass is 10.2. The maximum absolute atomic E-state index is 9.79. The zero-order valence-electron chi connectivity index (χ0n) is 9.01. The minimum Gasteiger partial charge on any atom is -0.343 e. The van der Waals surface area contributed by atoms with Crippen molar-refractivity contribution in [1.82, 2.24) is 0 Å². The summed E-state index contributed by atoms with van der Waals surface area (Å²) in [4.78, 5) is 0. The monoisotopic (exact) mass is 190 g/mol. The maximum Gasteiger partial charge on any atom is 0.280 e. The average Bonchev–Trinajstić information content (AvgIpc) is 2.05. The topological polar surface area (TPSA) is 38.7 Å². The highest BCUT2D eigenvalue weighted by molar-refractivity contribution is 4.54. The molecule has 0 aromatic heterocycles. The highest BCUT2D eigenvalue weighted by Crippen LogP contribution is 2.18. The van der Waals surface area contributed by atoms with Gasteiger partial charge in [-0.1, -0.05) is 19.8 Å². The Morgan fingerprint density at radius 3 is 1.92 bits per heavy atom. The molecular formula is C10H22O3. The third kappa shape index (κ3) is 6.02. The Morgan fingerprint density at radius 1 is 1.00 bits per heavy atom. The standard InChI is InChI=1S/C10H22O3/c1-4-7-8-9-10(11,12-5-2)13-6-3/h11H,4-9H2,1-3H3. The van der Waals surface area contributed by atoms with Gasteiger partial charge in [-0.05, 0) is 20.3 Å². The molecule has 13 heavy (non-hydrogen) atoms. The van der Waals surface area contributed by atoms with Crippen LogP contribution in [0.4, 0.5) is 0 Å². The molecule has 0 aromatic carbocycles. The molecule has 0 aliphatic carbocycles. The van der Waals surface area contributed by atoms with Gasteiger partial charge < -0.3 is 14.6 Å². The molecule has 1 N–H and O–H groups in total. The first-order chi connectivity index (χ1) is 6.18. The van der Waals surface area contributed by atoms with Gasteiger partial charge in [0.2, 0.25) is 0 Å². The van der Waals surface area contributed by atoms with E-state index in [4.69, 9.17) is 9.47 Å². The summed E-state index contributed by atoms with van der Waals surface area (Å²) in [7, 11) is 0. The fourth-order valence-corrected chi connectivity index (χ4v) is 1.24. The predicted molar refractivity (Wildman–Crippen MR) is 52.3 cm³/mol. The molecule has 0 radical (unpaired) electrons. The Bertz CT molecular complexity index is 109. The first-order valence-electron chi connectivity index (χ1n) is 5.18. The van der Waals surface area contributed by atoms with Gasteiger partial charge in [-0.2, -0.15) is 0 Å². The first-order valence-corrected chi connectivity index (χ1v) is 5.18. The van der Waals surface area contributed by atoms with E-state index in [1.807, 2.05) is 13.8 Å². The second kappa shape index (κ2) is 7.30. The van der Waals surface area contributed by atoms with E-state index in [2.05, 4.69) is 6.92 Å². The van der Waals surface area contributed by atoms with Gasteiger partial charge in [-0.25, -0.2) is 0 Å². The molecule has 0 bridgehead atoms. The van der Waals surface area contributed by atoms with Crippen LogP contribution in [0.2, 0.25) is 0 Å². The Hall–Kier alpha value is -0.120. The molecule has 80 valence electrons. The zero-order valence-corrected chi connectivity index (χ0v) is 9.01. The van der Waals surface area contributed by atoms with Crippen LogP contribution >= 0.6 is 0 Å². The van der Waals surface area contributed by atoms with Crippen LogP contribution < -0.4 is 0 Å². The van der Waals surface area contributed by atoms with E-state index in [9.17, 15) is 5.11 Å². The lowest BCUT2D eigenvalue weighted by Gasteiger charge is -2.26. The van der Waals surface area contributed by atoms with Crippen LogP contribution in [0.25, 0.3) is 0 Å². The molecule has 3 heteroatoms. The summed E-state index contributed by atoms with van der Waals surface area (Å²) < 4.78 is 10.3. The molecule has 0 rings (SSSR count). The average molecular weight is 190 g/mol. The lowest BCUT2D eigenvalue weighted by Crippen LogP contribution is -2.35. The van der Waals surface area contributed by atoms with Crippen LogP contribution in [0.3, 0.4) is 0 Å². The minimum atomic E-state index is -1.35. The fraction of sp³-hybridized carbons (Fsp3) is 1.00. The van der Waals surface area contributed by atoms with E-state index in [1.54, 1.807) is 0 Å². The van der Waals surface area contributed by atoms with Crippen molar-refractivity contribution in [2.24, 2.45) is 0 Å². The van der Waals surface area contributed by atoms with Crippen molar-refractivity contribution >= 4 is 0 Å². The molecule has 0 amide bonds. The summed E-state index contributed by atoms with van der Waals surface area (Å²) in [6.45, 7) is 6.78. The highest BCUT2D eigenvalue weighted by Gasteiger charge is 2.26. The van der Waals surface area contributed by atoms with Gasteiger partial charge in [-0.15, -0.1) is 0 Å². The third-order valence-electron chi connectivity index (χ3n) is 1.84. The van der Waals surface area contributed by atoms with Gasteiger partial charge in [0, 0.05) is 19.6 Å². The van der Waals surface area contributed by atoms with Gasteiger partial charge >= 0.3 is 0 Å². The molecular weight excluding hydrogens is 168 g/mol. The number of unbranched alkanes of at least 4 members (excludes halogenated alkanes) is 2. The predicted octanol–water partition coefficient (Wildman–Crippen LogP) is 2.29. The molecule has 0 aliphatic rings. The maximum atomic E-state index is 9.79. The van der Waals surface area contributed by atoms with Crippen molar-refractivity contribution in [3.05, 3.63) is 0 Å². The van der Waals surface area contributed by atoms with Gasteiger partial charge in [-0.3, -0.25) is 0 Å². The SMILES string of the molecule is CCCCCC(O)(OCC)OCC. The van der Waals surface area contributed by atoms with Gasteiger partial charge in [0.15, 0.2) is 0 Å². The van der Waals surface area contributed by atoms with E-state index >= 15 is 0 Å². The second-order valence-electron chi connectivity index (χ2n) is 3.04. The van der Waals surface area contributed by atoms with Gasteiger partial charge in [0.05, 0.1) is 0 Å². The summed E-state index contributed by atoms with van der Waals surface area (Å²) in [6.07, 6.45) is 3.73. The number of aliphatic hydroxyl groups is 1. The molecule has 0 saturated carbocycles. The number of ether oxygens (including phenoxy) is 2. The molecule has 0 heterocycles. The van der Waals surface area contributed by atoms with Crippen LogP contribution in [0.5, 0.6) is 0 Å². The Balaban J connectivity index is 3.76. The first kappa shape index (κ1) is 12.9. The summed E-state index contributed by atoms with van der Waals surface area (Å²) in [6, 6.07) is 0. The van der Waals surface area contributed by atoms with Crippen LogP contribution in [0.15, 0.2) is 0 Å². The molecule has 0 atom stereocenters. The van der Waals surface area contributed by atoms with Crippen molar-refractivity contribution < 1.29 is 14.6 Å². The van der Waals surface area contributed by atoms with Crippen molar-refractivity contribution in [1.29, 1.82) is 0 Å². The summed E-state index contributed by atoms with van der Waals surface area (Å²) >= 11 is 0. The molecule has 0 saturated heterocycles. The van der Waals surface area contributed by atoms with Crippen LogP contribution in [0, 0.1) is 0 Å². The largest absolute Gasteiger partial charge is 0.343 e. The van der Waals surface area contributed by atoms with Crippen molar-refractivity contribution in [2.75, 3.05) is 13.2 Å². The summed E-state index contributed by atoms with van der Waals surface area (Å²) in [5.41, 5.74) is 0. The highest BCUT2D eigenvalue weighted by atomic mass is 16.8. The van der Waals surface area contributed by atoms with Crippen molar-refractivity contribution in [3.8, 4) is 0 Å². The summed E-state index contributed by atoms with van der Waals surface area (Å²) in [5, 5.41) is 9.79. The van der Waals surface area contributed by atoms with Crippen molar-refractivity contribution in [2.45, 2.75) is 52.4 Å². The molecule has 3 nitrogen and oxygen atoms in total. The Labute approximate surface area is 81.0 Å². The van der Waals surface area contributed by atoms with E-state index in [0.29, 0.717) is 19.6 Å². The minimum absolute atomic E-state index is 0.475. The summed E-state index contributed by atoms with van der Waals surface area (Å²) in [5.74, 6) is -1.35. The van der Waals surface area contributed by atoms with Crippen LogP contribution in [0.1, 0.15) is 46.5 Å². The number of rotatable bonds is 8. The molecule has 0 spiro atoms. The lowest BCUT2D eigenvalue weighted by molar-refractivity contribution is -0.360. The van der Waals surface area contributed by atoms with Gasteiger partial charge in [0.1, 0.15) is 0 Å². The number of hydrogen-bond acceptors (Lipinski definition) is 3. The van der Waals surface area contributed by atoms with Gasteiger partial charge in [0.25, 0.3) is 5.97 Å². The van der Waals surface area contributed by atoms with E-state index in [0.717, 1.165) is 19.3 Å². The molecule has 0 fully saturated rings. The van der Waals surface area contributed by atoms with E-state index in [-0.39, 0.29) is 0 Å². The second-order valence-corrected chi connectivity index (χ2v) is 3.04. The quantitative estimate of drug-likeness (QED) is 0.471. The third-order valence-corrected chi connectivity index (χ3v) is 1.84. The van der Waals surface area contributed by atoms with E-state index in [1.165, 1.54) is 0 Å². The molecule has 0 aliphatic heterocycles. The zero-order chi connectivity index (χ0) is 10.2. The van der Waals surface area contributed by atoms with E-state index < -0.39 is 5.97 Å². The van der Waals surface area contributed by atoms with Crippen LogP contribution in [-0.2, 0) is 9.47 Å². The fourth-order valence-electron chi connectivity index (χ4n) is 1.24. The molecule has 0 aromatic rings. The molecule has 0 unspecified atom stereocenters. The smallest absolute Gasteiger partial charge is 0.280 e. The van der Waals surface area contributed by atoms with Crippen molar-refractivity contribution in [3.63, 3.8) is 0 Å². The normalized spacial score (nSPS) is 12.0. The Kier molecular flexibility index (Phi) is 7.23. The van der Waals surface area contributed by atoms with Crippen LogP contribution in [-0.4, -0.2) is 24.3 Å².